The van der Waals surface area contributed by atoms with Crippen LogP contribution in [0.1, 0.15) is 31.2 Å². The second-order valence-electron chi connectivity index (χ2n) is 4.14. The Kier molecular flexibility index (Phi) is 3.75. The largest absolute Gasteiger partial charge is 0.330 e. The second kappa shape index (κ2) is 4.89. The minimum absolute atomic E-state index is 0.446. The van der Waals surface area contributed by atoms with E-state index in [1.165, 1.54) is 27.8 Å². The summed E-state index contributed by atoms with van der Waals surface area (Å²) in [7, 11) is 0. The van der Waals surface area contributed by atoms with Crippen molar-refractivity contribution in [1.29, 1.82) is 0 Å². The van der Waals surface area contributed by atoms with E-state index >= 15 is 0 Å². The van der Waals surface area contributed by atoms with Gasteiger partial charge in [-0.05, 0) is 58.9 Å². The summed E-state index contributed by atoms with van der Waals surface area (Å²) in [6.45, 7) is 2.87. The highest BCUT2D eigenvalue weighted by Crippen LogP contribution is 2.42. The summed E-state index contributed by atoms with van der Waals surface area (Å²) in [4.78, 5) is 1.37. The molecule has 1 unspecified atom stereocenters. The van der Waals surface area contributed by atoms with Crippen LogP contribution in [-0.2, 0) is 0 Å². The normalized spacial score (nSPS) is 17.8. The van der Waals surface area contributed by atoms with Crippen molar-refractivity contribution in [2.75, 3.05) is 6.54 Å². The Bertz CT molecular complexity index is 349. The van der Waals surface area contributed by atoms with Crippen molar-refractivity contribution in [1.82, 2.24) is 0 Å². The molecule has 1 aliphatic rings. The Morgan fingerprint density at radius 2 is 2.27 bits per heavy atom. The van der Waals surface area contributed by atoms with Gasteiger partial charge in [-0.15, -0.1) is 11.8 Å². The van der Waals surface area contributed by atoms with E-state index in [1.807, 2.05) is 11.8 Å². The van der Waals surface area contributed by atoms with Crippen LogP contribution in [0.4, 0.5) is 0 Å². The molecule has 0 saturated heterocycles. The molecule has 15 heavy (non-hydrogen) atoms. The number of nitrogens with two attached hydrogens (primary N) is 1. The van der Waals surface area contributed by atoms with E-state index in [9.17, 15) is 0 Å². The van der Waals surface area contributed by atoms with Crippen LogP contribution in [0.15, 0.2) is 27.6 Å². The maximum Gasteiger partial charge on any atom is 0.0314 e. The van der Waals surface area contributed by atoms with Crippen molar-refractivity contribution in [2.24, 2.45) is 5.73 Å². The van der Waals surface area contributed by atoms with Crippen LogP contribution < -0.4 is 5.73 Å². The number of rotatable bonds is 4. The summed E-state index contributed by atoms with van der Waals surface area (Å²) < 4.78 is 1.22. The van der Waals surface area contributed by atoms with Gasteiger partial charge in [0.05, 0.1) is 0 Å². The minimum atomic E-state index is 0.446. The van der Waals surface area contributed by atoms with Crippen LogP contribution in [-0.4, -0.2) is 11.8 Å². The average molecular weight is 286 g/mol. The molecular formula is C12H16BrNS. The van der Waals surface area contributed by atoms with Crippen LogP contribution in [0.5, 0.6) is 0 Å². The maximum absolute atomic E-state index is 5.66. The molecule has 1 aliphatic carbocycles. The standard InChI is InChI=1S/C12H16BrNS/c1-8(7-14)9-2-5-12(11(13)6-9)15-10-3-4-10/h2,5-6,8,10H,3-4,7,14H2,1H3. The Hall–Kier alpha value is 0.01000. The van der Waals surface area contributed by atoms with Gasteiger partial charge in [-0.3, -0.25) is 0 Å². The smallest absolute Gasteiger partial charge is 0.0314 e. The molecule has 3 heteroatoms. The molecule has 1 fully saturated rings. The van der Waals surface area contributed by atoms with Crippen LogP contribution in [0.2, 0.25) is 0 Å². The third-order valence-corrected chi connectivity index (χ3v) is 5.03. The van der Waals surface area contributed by atoms with Gasteiger partial charge in [0.1, 0.15) is 0 Å². The van der Waals surface area contributed by atoms with Gasteiger partial charge in [-0.25, -0.2) is 0 Å². The number of thioether (sulfide) groups is 1. The van der Waals surface area contributed by atoms with Crippen molar-refractivity contribution in [3.05, 3.63) is 28.2 Å². The average Bonchev–Trinajstić information content (AvgIpc) is 3.04. The zero-order valence-electron chi connectivity index (χ0n) is 8.87. The summed E-state index contributed by atoms with van der Waals surface area (Å²) in [6, 6.07) is 6.63. The van der Waals surface area contributed by atoms with Gasteiger partial charge in [0.2, 0.25) is 0 Å². The molecule has 0 radical (unpaired) electrons. The van der Waals surface area contributed by atoms with E-state index in [0.717, 1.165) is 5.25 Å². The van der Waals surface area contributed by atoms with E-state index < -0.39 is 0 Å². The first-order valence-electron chi connectivity index (χ1n) is 5.37. The van der Waals surface area contributed by atoms with Crippen molar-refractivity contribution in [3.63, 3.8) is 0 Å². The summed E-state index contributed by atoms with van der Waals surface area (Å²) in [6.07, 6.45) is 2.75. The second-order valence-corrected chi connectivity index (χ2v) is 6.34. The molecule has 1 aromatic carbocycles. The lowest BCUT2D eigenvalue weighted by Crippen LogP contribution is -2.08. The van der Waals surface area contributed by atoms with E-state index in [2.05, 4.69) is 41.1 Å². The van der Waals surface area contributed by atoms with Gasteiger partial charge in [0.25, 0.3) is 0 Å². The molecule has 0 heterocycles. The molecule has 1 atom stereocenters. The van der Waals surface area contributed by atoms with Crippen molar-refractivity contribution < 1.29 is 0 Å². The Labute approximate surface area is 104 Å². The number of hydrogen-bond donors (Lipinski definition) is 1. The van der Waals surface area contributed by atoms with Gasteiger partial charge in [-0.1, -0.05) is 13.0 Å². The SMILES string of the molecule is CC(CN)c1ccc(SC2CC2)c(Br)c1. The van der Waals surface area contributed by atoms with Gasteiger partial charge in [0.15, 0.2) is 0 Å². The fraction of sp³-hybridized carbons (Fsp3) is 0.500. The summed E-state index contributed by atoms with van der Waals surface area (Å²) in [5.41, 5.74) is 6.99. The molecule has 0 bridgehead atoms. The predicted molar refractivity (Wildman–Crippen MR) is 70.5 cm³/mol. The third-order valence-electron chi connectivity index (χ3n) is 2.70. The Morgan fingerprint density at radius 3 is 2.80 bits per heavy atom. The van der Waals surface area contributed by atoms with Crippen LogP contribution in [0.3, 0.4) is 0 Å². The van der Waals surface area contributed by atoms with Gasteiger partial charge in [-0.2, -0.15) is 0 Å². The molecule has 0 aliphatic heterocycles. The van der Waals surface area contributed by atoms with Crippen LogP contribution in [0.25, 0.3) is 0 Å². The topological polar surface area (TPSA) is 26.0 Å². The van der Waals surface area contributed by atoms with E-state index in [-0.39, 0.29) is 0 Å². The van der Waals surface area contributed by atoms with E-state index in [4.69, 9.17) is 5.73 Å². The van der Waals surface area contributed by atoms with E-state index in [0.29, 0.717) is 12.5 Å². The summed E-state index contributed by atoms with van der Waals surface area (Å²) >= 11 is 5.63. The fourth-order valence-electron chi connectivity index (χ4n) is 1.42. The van der Waals surface area contributed by atoms with Crippen molar-refractivity contribution in [2.45, 2.75) is 35.8 Å². The Balaban J connectivity index is 2.13. The zero-order chi connectivity index (χ0) is 10.8. The highest BCUT2D eigenvalue weighted by atomic mass is 79.9. The number of hydrogen-bond acceptors (Lipinski definition) is 2. The number of halogens is 1. The van der Waals surface area contributed by atoms with Crippen molar-refractivity contribution in [3.8, 4) is 0 Å². The minimum Gasteiger partial charge on any atom is -0.330 e. The molecule has 0 amide bonds. The Morgan fingerprint density at radius 1 is 1.53 bits per heavy atom. The van der Waals surface area contributed by atoms with E-state index in [1.54, 1.807) is 0 Å². The first-order chi connectivity index (χ1) is 7.20. The monoisotopic (exact) mass is 285 g/mol. The van der Waals surface area contributed by atoms with Crippen LogP contribution >= 0.6 is 27.7 Å². The molecule has 1 nitrogen and oxygen atoms in total. The maximum atomic E-state index is 5.66. The van der Waals surface area contributed by atoms with Gasteiger partial charge in [0, 0.05) is 14.6 Å². The predicted octanol–water partition coefficient (Wildman–Crippen LogP) is 3.77. The lowest BCUT2D eigenvalue weighted by Gasteiger charge is -2.11. The van der Waals surface area contributed by atoms with Gasteiger partial charge >= 0.3 is 0 Å². The lowest BCUT2D eigenvalue weighted by atomic mass is 10.0. The molecule has 0 aromatic heterocycles. The first-order valence-corrected chi connectivity index (χ1v) is 7.04. The summed E-state index contributed by atoms with van der Waals surface area (Å²) in [5, 5.41) is 0.860. The fourth-order valence-corrected chi connectivity index (χ4v) is 3.15. The highest BCUT2D eigenvalue weighted by Gasteiger charge is 2.23. The quantitative estimate of drug-likeness (QED) is 0.912. The lowest BCUT2D eigenvalue weighted by molar-refractivity contribution is 0.772. The molecule has 1 saturated carbocycles. The first kappa shape index (κ1) is 11.5. The molecule has 1 aromatic rings. The summed E-state index contributed by atoms with van der Waals surface area (Å²) in [5.74, 6) is 0.446. The third kappa shape index (κ3) is 2.99. The highest BCUT2D eigenvalue weighted by molar-refractivity contribution is 9.10. The number of benzene rings is 1. The van der Waals surface area contributed by atoms with Crippen molar-refractivity contribution >= 4 is 27.7 Å². The van der Waals surface area contributed by atoms with Crippen LogP contribution in [0, 0.1) is 0 Å². The molecule has 0 spiro atoms. The zero-order valence-corrected chi connectivity index (χ0v) is 11.3. The molecule has 2 N–H and O–H groups in total. The van der Waals surface area contributed by atoms with Gasteiger partial charge < -0.3 is 5.73 Å². The molecule has 2 rings (SSSR count). The molecular weight excluding hydrogens is 270 g/mol. The molecule has 82 valence electrons.